The Balaban J connectivity index is 2.59. The first-order valence-corrected chi connectivity index (χ1v) is 6.28. The minimum Gasteiger partial charge on any atom is -0.481 e. The van der Waals surface area contributed by atoms with Crippen molar-refractivity contribution in [1.29, 1.82) is 0 Å². The van der Waals surface area contributed by atoms with Gasteiger partial charge in [0.2, 0.25) is 5.91 Å². The molecule has 0 bridgehead atoms. The van der Waals surface area contributed by atoms with E-state index < -0.39 is 29.5 Å². The van der Waals surface area contributed by atoms with Gasteiger partial charge in [-0.2, -0.15) is 0 Å². The van der Waals surface area contributed by atoms with Crippen LogP contribution in [0.2, 0.25) is 0 Å². The lowest BCUT2D eigenvalue weighted by Gasteiger charge is -2.26. The molecule has 8 nitrogen and oxygen atoms in total. The monoisotopic (exact) mass is 287 g/mol. The number of nitrogens with one attached hydrogen (secondary N) is 2. The molecule has 3 amide bonds. The molecule has 8 heteroatoms. The van der Waals surface area contributed by atoms with E-state index in [4.69, 9.17) is 4.74 Å². The van der Waals surface area contributed by atoms with Crippen LogP contribution in [0.1, 0.15) is 13.8 Å². The number of carboxylic acid groups (broad SMARTS) is 1. The van der Waals surface area contributed by atoms with Crippen molar-refractivity contribution in [3.63, 3.8) is 0 Å². The molecule has 1 aliphatic heterocycles. The number of carbonyl (C=O) groups is 3. The molecule has 3 unspecified atom stereocenters. The number of urea groups is 1. The van der Waals surface area contributed by atoms with E-state index >= 15 is 0 Å². The third-order valence-electron chi connectivity index (χ3n) is 3.41. The van der Waals surface area contributed by atoms with Gasteiger partial charge in [-0.1, -0.05) is 0 Å². The highest BCUT2D eigenvalue weighted by Crippen LogP contribution is 2.28. The van der Waals surface area contributed by atoms with E-state index in [1.54, 1.807) is 21.0 Å². The van der Waals surface area contributed by atoms with Crippen LogP contribution in [0, 0.1) is 5.41 Å². The van der Waals surface area contributed by atoms with Crippen molar-refractivity contribution < 1.29 is 24.2 Å². The number of nitrogens with zero attached hydrogens (tertiary/aromatic N) is 1. The van der Waals surface area contributed by atoms with Crippen molar-refractivity contribution >= 4 is 17.9 Å². The average Bonchev–Trinajstić information content (AvgIpc) is 2.71. The molecule has 1 heterocycles. The summed E-state index contributed by atoms with van der Waals surface area (Å²) in [6, 6.07) is -1.92. The predicted octanol–water partition coefficient (Wildman–Crippen LogP) is -0.748. The Morgan fingerprint density at radius 2 is 2.00 bits per heavy atom. The summed E-state index contributed by atoms with van der Waals surface area (Å²) in [6.45, 7) is 3.25. The molecule has 0 aromatic heterocycles. The van der Waals surface area contributed by atoms with E-state index in [9.17, 15) is 19.5 Å². The molecule has 20 heavy (non-hydrogen) atoms. The highest BCUT2D eigenvalue weighted by atomic mass is 16.5. The van der Waals surface area contributed by atoms with E-state index in [1.807, 2.05) is 0 Å². The van der Waals surface area contributed by atoms with Crippen molar-refractivity contribution in [2.75, 3.05) is 27.3 Å². The fourth-order valence-electron chi connectivity index (χ4n) is 1.93. The number of amides is 3. The number of rotatable bonds is 4. The maximum Gasteiger partial charge on any atom is 0.315 e. The lowest BCUT2D eigenvalue weighted by molar-refractivity contribution is -0.148. The average molecular weight is 287 g/mol. The van der Waals surface area contributed by atoms with Crippen molar-refractivity contribution in [3.8, 4) is 0 Å². The summed E-state index contributed by atoms with van der Waals surface area (Å²) in [5.74, 6) is -1.28. The fourth-order valence-corrected chi connectivity index (χ4v) is 1.93. The zero-order chi connectivity index (χ0) is 15.5. The summed E-state index contributed by atoms with van der Waals surface area (Å²) in [7, 11) is 3.18. The molecule has 0 aromatic carbocycles. The van der Waals surface area contributed by atoms with Crippen LogP contribution in [0.5, 0.6) is 0 Å². The number of likely N-dealkylation sites (N-methyl/N-ethyl adjacent to an activating group) is 1. The summed E-state index contributed by atoms with van der Waals surface area (Å²) in [5, 5.41) is 14.2. The van der Waals surface area contributed by atoms with Crippen LogP contribution < -0.4 is 10.6 Å². The molecule has 3 N–H and O–H groups in total. The van der Waals surface area contributed by atoms with Gasteiger partial charge >= 0.3 is 12.0 Å². The van der Waals surface area contributed by atoms with Crippen molar-refractivity contribution in [2.45, 2.75) is 25.9 Å². The van der Waals surface area contributed by atoms with Gasteiger partial charge in [-0.3, -0.25) is 9.59 Å². The standard InChI is InChI=1S/C12H21N3O5/c1-7(9(16)15(3)4)13-11(19)14-8-5-20-6-12(8,2)10(17)18/h7-8H,5-6H2,1-4H3,(H,17,18)(H2,13,14,19). The Kier molecular flexibility index (Phi) is 4.93. The molecule has 0 aromatic rings. The molecule has 1 saturated heterocycles. The molecular weight excluding hydrogens is 266 g/mol. The lowest BCUT2D eigenvalue weighted by Crippen LogP contribution is -2.55. The Morgan fingerprint density at radius 1 is 1.40 bits per heavy atom. The van der Waals surface area contributed by atoms with E-state index in [1.165, 1.54) is 11.8 Å². The number of carboxylic acids is 1. The van der Waals surface area contributed by atoms with Gasteiger partial charge in [0.1, 0.15) is 11.5 Å². The van der Waals surface area contributed by atoms with Crippen LogP contribution in [-0.4, -0.2) is 67.3 Å². The zero-order valence-corrected chi connectivity index (χ0v) is 12.1. The predicted molar refractivity (Wildman–Crippen MR) is 70.2 cm³/mol. The normalized spacial score (nSPS) is 26.7. The van der Waals surface area contributed by atoms with Gasteiger partial charge in [0.15, 0.2) is 0 Å². The minimum atomic E-state index is -1.16. The largest absolute Gasteiger partial charge is 0.481 e. The number of ether oxygens (including phenoxy) is 1. The first-order chi connectivity index (χ1) is 9.18. The third kappa shape index (κ3) is 3.38. The zero-order valence-electron chi connectivity index (χ0n) is 12.1. The fraction of sp³-hybridized carbons (Fsp3) is 0.750. The number of hydrogen-bond acceptors (Lipinski definition) is 4. The van der Waals surface area contributed by atoms with Crippen LogP contribution in [0.4, 0.5) is 4.79 Å². The highest BCUT2D eigenvalue weighted by molar-refractivity contribution is 5.87. The van der Waals surface area contributed by atoms with Gasteiger partial charge in [-0.05, 0) is 13.8 Å². The van der Waals surface area contributed by atoms with E-state index in [-0.39, 0.29) is 19.1 Å². The molecule has 0 radical (unpaired) electrons. The Bertz CT molecular complexity index is 412. The van der Waals surface area contributed by atoms with E-state index in [2.05, 4.69) is 10.6 Å². The SMILES string of the molecule is CC(NC(=O)NC1COCC1(C)C(=O)O)C(=O)N(C)C. The molecular formula is C12H21N3O5. The van der Waals surface area contributed by atoms with Crippen molar-refractivity contribution in [2.24, 2.45) is 5.41 Å². The number of carbonyl (C=O) groups excluding carboxylic acids is 2. The van der Waals surface area contributed by atoms with Crippen molar-refractivity contribution in [1.82, 2.24) is 15.5 Å². The molecule has 1 aliphatic rings. The number of hydrogen-bond donors (Lipinski definition) is 3. The van der Waals surface area contributed by atoms with Crippen LogP contribution in [0.15, 0.2) is 0 Å². The first-order valence-electron chi connectivity index (χ1n) is 6.28. The molecule has 1 rings (SSSR count). The minimum absolute atomic E-state index is 0.0411. The summed E-state index contributed by atoms with van der Waals surface area (Å²) in [5.41, 5.74) is -1.16. The second-order valence-electron chi connectivity index (χ2n) is 5.36. The Labute approximate surface area is 117 Å². The quantitative estimate of drug-likeness (QED) is 0.630. The molecule has 3 atom stereocenters. The summed E-state index contributed by atoms with van der Waals surface area (Å²) >= 11 is 0. The van der Waals surface area contributed by atoms with Crippen LogP contribution in [-0.2, 0) is 14.3 Å². The smallest absolute Gasteiger partial charge is 0.315 e. The maximum absolute atomic E-state index is 11.8. The lowest BCUT2D eigenvalue weighted by atomic mass is 9.85. The first kappa shape index (κ1) is 16.2. The second kappa shape index (κ2) is 6.08. The van der Waals surface area contributed by atoms with Crippen LogP contribution in [0.3, 0.4) is 0 Å². The Hall–Kier alpha value is -1.83. The van der Waals surface area contributed by atoms with Gasteiger partial charge < -0.3 is 25.4 Å². The van der Waals surface area contributed by atoms with Crippen LogP contribution >= 0.6 is 0 Å². The molecule has 0 saturated carbocycles. The van der Waals surface area contributed by atoms with Crippen LogP contribution in [0.25, 0.3) is 0 Å². The van der Waals surface area contributed by atoms with Gasteiger partial charge in [-0.15, -0.1) is 0 Å². The third-order valence-corrected chi connectivity index (χ3v) is 3.41. The molecule has 0 aliphatic carbocycles. The van der Waals surface area contributed by atoms with Gasteiger partial charge in [-0.25, -0.2) is 4.79 Å². The van der Waals surface area contributed by atoms with Gasteiger partial charge in [0.25, 0.3) is 0 Å². The van der Waals surface area contributed by atoms with Crippen molar-refractivity contribution in [3.05, 3.63) is 0 Å². The highest BCUT2D eigenvalue weighted by Gasteiger charge is 2.47. The molecule has 1 fully saturated rings. The summed E-state index contributed by atoms with van der Waals surface area (Å²) < 4.78 is 5.13. The summed E-state index contributed by atoms with van der Waals surface area (Å²) in [4.78, 5) is 36.0. The topological polar surface area (TPSA) is 108 Å². The molecule has 0 spiro atoms. The maximum atomic E-state index is 11.8. The van der Waals surface area contributed by atoms with Gasteiger partial charge in [0, 0.05) is 14.1 Å². The van der Waals surface area contributed by atoms with E-state index in [0.29, 0.717) is 0 Å². The summed E-state index contributed by atoms with van der Waals surface area (Å²) in [6.07, 6.45) is 0. The Morgan fingerprint density at radius 3 is 2.50 bits per heavy atom. The number of aliphatic carboxylic acids is 1. The van der Waals surface area contributed by atoms with Gasteiger partial charge in [0.05, 0.1) is 19.3 Å². The molecule has 114 valence electrons. The second-order valence-corrected chi connectivity index (χ2v) is 5.36. The van der Waals surface area contributed by atoms with E-state index in [0.717, 1.165) is 0 Å².